The normalized spacial score (nSPS) is 22.1. The van der Waals surface area contributed by atoms with Gasteiger partial charge in [0.25, 0.3) is 0 Å². The first-order valence-electron chi connectivity index (χ1n) is 7.08. The third-order valence-electron chi connectivity index (χ3n) is 3.82. The van der Waals surface area contributed by atoms with Crippen LogP contribution in [0.4, 0.5) is 13.2 Å². The molecular weight excluding hydrogens is 297 g/mol. The van der Waals surface area contributed by atoms with Gasteiger partial charge in [0, 0.05) is 19.0 Å². The number of hydrogen-bond acceptors (Lipinski definition) is 3. The second kappa shape index (κ2) is 7.11. The maximum atomic E-state index is 12.0. The van der Waals surface area contributed by atoms with Crippen molar-refractivity contribution in [3.8, 4) is 0 Å². The largest absolute Gasteiger partial charge is 0.411 e. The maximum Gasteiger partial charge on any atom is 0.411 e. The van der Waals surface area contributed by atoms with E-state index in [9.17, 15) is 18.0 Å². The zero-order valence-corrected chi connectivity index (χ0v) is 12.1. The number of ether oxygens (including phenoxy) is 1. The molecule has 1 aliphatic heterocycles. The van der Waals surface area contributed by atoms with Crippen LogP contribution in [-0.4, -0.2) is 49.8 Å². The van der Waals surface area contributed by atoms with Crippen molar-refractivity contribution in [2.75, 3.05) is 32.8 Å². The summed E-state index contributed by atoms with van der Waals surface area (Å²) in [5, 5.41) is 0. The van der Waals surface area contributed by atoms with Gasteiger partial charge in [0.2, 0.25) is 5.91 Å². The van der Waals surface area contributed by atoms with Crippen LogP contribution in [0.3, 0.4) is 0 Å². The van der Waals surface area contributed by atoms with Gasteiger partial charge in [-0.3, -0.25) is 4.79 Å². The third kappa shape index (κ3) is 4.45. The second-order valence-corrected chi connectivity index (χ2v) is 5.42. The minimum atomic E-state index is -4.42. The van der Waals surface area contributed by atoms with E-state index < -0.39 is 25.3 Å². The molecule has 122 valence electrons. The van der Waals surface area contributed by atoms with Gasteiger partial charge in [-0.1, -0.05) is 30.3 Å². The van der Waals surface area contributed by atoms with Gasteiger partial charge in [-0.15, -0.1) is 0 Å². The predicted octanol–water partition coefficient (Wildman–Crippen LogP) is 1.77. The summed E-state index contributed by atoms with van der Waals surface area (Å²) in [6.07, 6.45) is -4.42. The summed E-state index contributed by atoms with van der Waals surface area (Å²) >= 11 is 0. The smallest absolute Gasteiger partial charge is 0.362 e. The number of carbonyl (C=O) groups excluding carboxylic acids is 1. The summed E-state index contributed by atoms with van der Waals surface area (Å²) in [6, 6.07) is 9.69. The Hall–Kier alpha value is -1.60. The van der Waals surface area contributed by atoms with Gasteiger partial charge in [-0.25, -0.2) is 0 Å². The molecule has 1 heterocycles. The predicted molar refractivity (Wildman–Crippen MR) is 75.2 cm³/mol. The Morgan fingerprint density at radius 2 is 1.95 bits per heavy atom. The van der Waals surface area contributed by atoms with Crippen molar-refractivity contribution < 1.29 is 22.7 Å². The van der Waals surface area contributed by atoms with E-state index in [4.69, 9.17) is 5.73 Å². The molecule has 0 aliphatic carbocycles. The fourth-order valence-electron chi connectivity index (χ4n) is 2.74. The molecule has 0 spiro atoms. The molecule has 1 aliphatic rings. The minimum Gasteiger partial charge on any atom is -0.362 e. The summed E-state index contributed by atoms with van der Waals surface area (Å²) in [6.45, 7) is -0.634. The molecule has 1 amide bonds. The highest BCUT2D eigenvalue weighted by Gasteiger charge is 2.35. The fourth-order valence-corrected chi connectivity index (χ4v) is 2.74. The van der Waals surface area contributed by atoms with E-state index in [1.54, 1.807) is 0 Å². The molecule has 2 N–H and O–H groups in total. The molecule has 0 aromatic heterocycles. The van der Waals surface area contributed by atoms with Crippen LogP contribution in [-0.2, 0) is 9.53 Å². The summed E-state index contributed by atoms with van der Waals surface area (Å²) in [7, 11) is 0. The van der Waals surface area contributed by atoms with Gasteiger partial charge in [0.05, 0.1) is 0 Å². The molecule has 1 aromatic rings. The minimum absolute atomic E-state index is 0.106. The average Bonchev–Trinajstić information content (AvgIpc) is 2.91. The molecule has 2 atom stereocenters. The van der Waals surface area contributed by atoms with E-state index in [1.165, 1.54) is 4.90 Å². The number of halogens is 3. The average molecular weight is 316 g/mol. The molecule has 22 heavy (non-hydrogen) atoms. The SMILES string of the molecule is NC[C@@H]1CN(C(=O)COCC(F)(F)F)C[C@H]1c1ccccc1. The lowest BCUT2D eigenvalue weighted by molar-refractivity contribution is -0.177. The van der Waals surface area contributed by atoms with Gasteiger partial charge >= 0.3 is 6.18 Å². The lowest BCUT2D eigenvalue weighted by Gasteiger charge is -2.17. The molecule has 1 aromatic carbocycles. The van der Waals surface area contributed by atoms with Crippen molar-refractivity contribution in [3.63, 3.8) is 0 Å². The molecule has 4 nitrogen and oxygen atoms in total. The Bertz CT molecular complexity index is 493. The highest BCUT2D eigenvalue weighted by Crippen LogP contribution is 2.32. The van der Waals surface area contributed by atoms with Gasteiger partial charge in [0.1, 0.15) is 13.2 Å². The maximum absolute atomic E-state index is 12.0. The Labute approximate surface area is 127 Å². The van der Waals surface area contributed by atoms with E-state index in [2.05, 4.69) is 4.74 Å². The standard InChI is InChI=1S/C15H19F3N2O2/c16-15(17,18)10-22-9-14(21)20-7-12(6-19)13(8-20)11-4-2-1-3-5-11/h1-5,12-13H,6-10,19H2/t12-,13+/m1/s1. The van der Waals surface area contributed by atoms with Crippen LogP contribution < -0.4 is 5.73 Å². The van der Waals surface area contributed by atoms with Gasteiger partial charge in [-0.2, -0.15) is 13.2 Å². The van der Waals surface area contributed by atoms with Crippen molar-refractivity contribution in [1.82, 2.24) is 4.90 Å². The lowest BCUT2D eigenvalue weighted by atomic mass is 9.89. The van der Waals surface area contributed by atoms with Crippen molar-refractivity contribution in [1.29, 1.82) is 0 Å². The van der Waals surface area contributed by atoms with E-state index >= 15 is 0 Å². The second-order valence-electron chi connectivity index (χ2n) is 5.42. The molecule has 0 bridgehead atoms. The van der Waals surface area contributed by atoms with E-state index in [0.29, 0.717) is 19.6 Å². The first-order chi connectivity index (χ1) is 10.4. The Kier molecular flexibility index (Phi) is 5.42. The zero-order valence-electron chi connectivity index (χ0n) is 12.1. The number of nitrogens with zero attached hydrogens (tertiary/aromatic N) is 1. The number of benzene rings is 1. The van der Waals surface area contributed by atoms with E-state index in [-0.39, 0.29) is 11.8 Å². The highest BCUT2D eigenvalue weighted by atomic mass is 19.4. The van der Waals surface area contributed by atoms with Gasteiger partial charge in [-0.05, 0) is 18.0 Å². The fraction of sp³-hybridized carbons (Fsp3) is 0.533. The molecule has 1 fully saturated rings. The Morgan fingerprint density at radius 1 is 1.27 bits per heavy atom. The summed E-state index contributed by atoms with van der Waals surface area (Å²) in [5.74, 6) is -0.215. The summed E-state index contributed by atoms with van der Waals surface area (Å²) in [5.41, 5.74) is 6.85. The number of nitrogens with two attached hydrogens (primary N) is 1. The van der Waals surface area contributed by atoms with Crippen LogP contribution in [0.25, 0.3) is 0 Å². The highest BCUT2D eigenvalue weighted by molar-refractivity contribution is 5.78. The molecule has 1 saturated heterocycles. The van der Waals surface area contributed by atoms with Crippen molar-refractivity contribution in [2.24, 2.45) is 11.7 Å². The van der Waals surface area contributed by atoms with Crippen LogP contribution >= 0.6 is 0 Å². The number of amides is 1. The Balaban J connectivity index is 1.92. The molecule has 0 unspecified atom stereocenters. The number of rotatable bonds is 5. The topological polar surface area (TPSA) is 55.6 Å². The molecule has 7 heteroatoms. The van der Waals surface area contributed by atoms with Crippen LogP contribution in [0, 0.1) is 5.92 Å². The molecule has 0 saturated carbocycles. The zero-order chi connectivity index (χ0) is 16.2. The van der Waals surface area contributed by atoms with Crippen LogP contribution in [0.2, 0.25) is 0 Å². The van der Waals surface area contributed by atoms with Gasteiger partial charge < -0.3 is 15.4 Å². The molecular formula is C15H19F3N2O2. The number of carbonyl (C=O) groups is 1. The third-order valence-corrected chi connectivity index (χ3v) is 3.82. The van der Waals surface area contributed by atoms with E-state index in [0.717, 1.165) is 5.56 Å². The number of alkyl halides is 3. The Morgan fingerprint density at radius 3 is 2.55 bits per heavy atom. The quantitative estimate of drug-likeness (QED) is 0.901. The van der Waals surface area contributed by atoms with Crippen LogP contribution in [0.1, 0.15) is 11.5 Å². The molecule has 2 rings (SSSR count). The van der Waals surface area contributed by atoms with Crippen LogP contribution in [0.5, 0.6) is 0 Å². The van der Waals surface area contributed by atoms with Crippen molar-refractivity contribution in [3.05, 3.63) is 35.9 Å². The summed E-state index contributed by atoms with van der Waals surface area (Å²) in [4.78, 5) is 13.5. The van der Waals surface area contributed by atoms with Crippen LogP contribution in [0.15, 0.2) is 30.3 Å². The monoisotopic (exact) mass is 316 g/mol. The molecule has 0 radical (unpaired) electrons. The lowest BCUT2D eigenvalue weighted by Crippen LogP contribution is -2.34. The van der Waals surface area contributed by atoms with Crippen molar-refractivity contribution >= 4 is 5.91 Å². The first-order valence-corrected chi connectivity index (χ1v) is 7.08. The first kappa shape index (κ1) is 16.8. The summed E-state index contributed by atoms with van der Waals surface area (Å²) < 4.78 is 40.5. The van der Waals surface area contributed by atoms with Gasteiger partial charge in [0.15, 0.2) is 0 Å². The number of hydrogen-bond donors (Lipinski definition) is 1. The van der Waals surface area contributed by atoms with E-state index in [1.807, 2.05) is 30.3 Å². The number of likely N-dealkylation sites (tertiary alicyclic amines) is 1. The van der Waals surface area contributed by atoms with Crippen molar-refractivity contribution in [2.45, 2.75) is 12.1 Å².